The van der Waals surface area contributed by atoms with Crippen molar-refractivity contribution in [3.63, 3.8) is 0 Å². The molecule has 11 heavy (non-hydrogen) atoms. The Kier molecular flexibility index (Phi) is 3.47. The van der Waals surface area contributed by atoms with Crippen molar-refractivity contribution in [2.24, 2.45) is 0 Å². The standard InChI is InChI=1S/C8H9NS2/c1-7(10-6-4-9)8-3-2-5-11-8/h2-3,5,7H,6H2,1H3. The third-order valence-corrected chi connectivity index (χ3v) is 3.60. The maximum absolute atomic E-state index is 8.35. The molecule has 0 fully saturated rings. The highest BCUT2D eigenvalue weighted by molar-refractivity contribution is 7.99. The van der Waals surface area contributed by atoms with Crippen LogP contribution >= 0.6 is 23.1 Å². The molecule has 1 unspecified atom stereocenters. The van der Waals surface area contributed by atoms with Gasteiger partial charge in [-0.15, -0.1) is 23.1 Å². The van der Waals surface area contributed by atoms with Crippen LogP contribution in [0.1, 0.15) is 17.1 Å². The maximum Gasteiger partial charge on any atom is 0.0814 e. The van der Waals surface area contributed by atoms with Gasteiger partial charge in [0.05, 0.1) is 11.8 Å². The van der Waals surface area contributed by atoms with Crippen molar-refractivity contribution in [3.8, 4) is 6.07 Å². The smallest absolute Gasteiger partial charge is 0.0814 e. The van der Waals surface area contributed by atoms with E-state index < -0.39 is 0 Å². The van der Waals surface area contributed by atoms with Crippen LogP contribution in [0.4, 0.5) is 0 Å². The second-order valence-electron chi connectivity index (χ2n) is 2.13. The summed E-state index contributed by atoms with van der Waals surface area (Å²) in [7, 11) is 0. The third kappa shape index (κ3) is 2.57. The molecule has 0 amide bonds. The van der Waals surface area contributed by atoms with Crippen molar-refractivity contribution in [2.45, 2.75) is 12.2 Å². The zero-order chi connectivity index (χ0) is 8.10. The molecular formula is C8H9NS2. The van der Waals surface area contributed by atoms with Crippen LogP contribution in [0, 0.1) is 11.3 Å². The molecule has 0 radical (unpaired) electrons. The minimum atomic E-state index is 0.467. The van der Waals surface area contributed by atoms with Crippen molar-refractivity contribution in [1.82, 2.24) is 0 Å². The molecule has 0 saturated heterocycles. The van der Waals surface area contributed by atoms with Crippen LogP contribution in [-0.2, 0) is 0 Å². The lowest BCUT2D eigenvalue weighted by molar-refractivity contribution is 1.14. The van der Waals surface area contributed by atoms with E-state index in [1.54, 1.807) is 23.1 Å². The van der Waals surface area contributed by atoms with Crippen LogP contribution in [0.5, 0.6) is 0 Å². The molecule has 1 atom stereocenters. The van der Waals surface area contributed by atoms with E-state index in [4.69, 9.17) is 5.26 Å². The first-order valence-corrected chi connectivity index (χ1v) is 5.29. The van der Waals surface area contributed by atoms with E-state index in [9.17, 15) is 0 Å². The summed E-state index contributed by atoms with van der Waals surface area (Å²) in [5.74, 6) is 0.582. The highest BCUT2D eigenvalue weighted by atomic mass is 32.2. The second kappa shape index (κ2) is 4.42. The van der Waals surface area contributed by atoms with Gasteiger partial charge in [0, 0.05) is 10.1 Å². The lowest BCUT2D eigenvalue weighted by Crippen LogP contribution is -1.83. The van der Waals surface area contributed by atoms with Gasteiger partial charge in [-0.1, -0.05) is 6.07 Å². The van der Waals surface area contributed by atoms with E-state index in [1.165, 1.54) is 4.88 Å². The molecule has 1 rings (SSSR count). The summed E-state index contributed by atoms with van der Waals surface area (Å²) in [5.41, 5.74) is 0. The number of nitrogens with zero attached hydrogens (tertiary/aromatic N) is 1. The predicted octanol–water partition coefficient (Wildman–Crippen LogP) is 3.07. The van der Waals surface area contributed by atoms with Crippen LogP contribution in [0.25, 0.3) is 0 Å². The molecule has 58 valence electrons. The summed E-state index contributed by atoms with van der Waals surface area (Å²) in [6.45, 7) is 2.13. The molecule has 3 heteroatoms. The van der Waals surface area contributed by atoms with Crippen molar-refractivity contribution in [3.05, 3.63) is 22.4 Å². The monoisotopic (exact) mass is 183 g/mol. The number of nitriles is 1. The average molecular weight is 183 g/mol. The molecule has 0 spiro atoms. The fourth-order valence-corrected chi connectivity index (χ4v) is 2.37. The summed E-state index contributed by atoms with van der Waals surface area (Å²) in [5, 5.41) is 10.9. The van der Waals surface area contributed by atoms with Crippen LogP contribution in [0.15, 0.2) is 17.5 Å². The molecule has 0 aliphatic rings. The van der Waals surface area contributed by atoms with E-state index in [2.05, 4.69) is 24.4 Å². The molecule has 0 bridgehead atoms. The number of thiophene rings is 1. The molecular weight excluding hydrogens is 174 g/mol. The summed E-state index contributed by atoms with van der Waals surface area (Å²) in [6.07, 6.45) is 0. The summed E-state index contributed by atoms with van der Waals surface area (Å²) >= 11 is 3.43. The predicted molar refractivity (Wildman–Crippen MR) is 50.8 cm³/mol. The summed E-state index contributed by atoms with van der Waals surface area (Å²) in [6, 6.07) is 6.28. The SMILES string of the molecule is CC(SCC#N)c1cccs1. The zero-order valence-electron chi connectivity index (χ0n) is 6.28. The number of thioether (sulfide) groups is 1. The van der Waals surface area contributed by atoms with E-state index >= 15 is 0 Å². The van der Waals surface area contributed by atoms with Crippen LogP contribution < -0.4 is 0 Å². The summed E-state index contributed by atoms with van der Waals surface area (Å²) < 4.78 is 0. The van der Waals surface area contributed by atoms with Gasteiger partial charge >= 0.3 is 0 Å². The Morgan fingerprint density at radius 3 is 3.18 bits per heavy atom. The van der Waals surface area contributed by atoms with E-state index in [1.807, 2.05) is 6.07 Å². The van der Waals surface area contributed by atoms with Crippen molar-refractivity contribution < 1.29 is 0 Å². The van der Waals surface area contributed by atoms with Gasteiger partial charge < -0.3 is 0 Å². The Morgan fingerprint density at radius 2 is 2.64 bits per heavy atom. The van der Waals surface area contributed by atoms with E-state index in [0.717, 1.165) is 0 Å². The fraction of sp³-hybridized carbons (Fsp3) is 0.375. The van der Waals surface area contributed by atoms with Gasteiger partial charge in [0.25, 0.3) is 0 Å². The van der Waals surface area contributed by atoms with Crippen molar-refractivity contribution in [2.75, 3.05) is 5.75 Å². The Labute approximate surface area is 75.0 Å². The minimum absolute atomic E-state index is 0.467. The van der Waals surface area contributed by atoms with E-state index in [-0.39, 0.29) is 0 Å². The number of hydrogen-bond donors (Lipinski definition) is 0. The Bertz CT molecular complexity index is 235. The minimum Gasteiger partial charge on any atom is -0.197 e. The number of hydrogen-bond acceptors (Lipinski definition) is 3. The normalized spacial score (nSPS) is 12.4. The Morgan fingerprint density at radius 1 is 1.82 bits per heavy atom. The molecule has 0 aliphatic heterocycles. The van der Waals surface area contributed by atoms with Crippen LogP contribution in [0.3, 0.4) is 0 Å². The van der Waals surface area contributed by atoms with Gasteiger partial charge in [-0.3, -0.25) is 0 Å². The topological polar surface area (TPSA) is 23.8 Å². The fourth-order valence-electron chi connectivity index (χ4n) is 0.767. The van der Waals surface area contributed by atoms with Crippen LogP contribution in [0.2, 0.25) is 0 Å². The van der Waals surface area contributed by atoms with Gasteiger partial charge in [-0.25, -0.2) is 0 Å². The van der Waals surface area contributed by atoms with E-state index in [0.29, 0.717) is 11.0 Å². The largest absolute Gasteiger partial charge is 0.197 e. The zero-order valence-corrected chi connectivity index (χ0v) is 7.91. The lowest BCUT2D eigenvalue weighted by Gasteiger charge is -2.04. The van der Waals surface area contributed by atoms with Gasteiger partial charge in [0.15, 0.2) is 0 Å². The average Bonchev–Trinajstić information content (AvgIpc) is 2.52. The van der Waals surface area contributed by atoms with Gasteiger partial charge in [0.2, 0.25) is 0 Å². The molecule has 1 aromatic rings. The Hall–Kier alpha value is -0.460. The molecule has 0 saturated carbocycles. The Balaban J connectivity index is 2.44. The first-order chi connectivity index (χ1) is 5.34. The highest BCUT2D eigenvalue weighted by Crippen LogP contribution is 2.30. The molecule has 0 aliphatic carbocycles. The van der Waals surface area contributed by atoms with Crippen LogP contribution in [-0.4, -0.2) is 5.75 Å². The maximum atomic E-state index is 8.35. The van der Waals surface area contributed by atoms with Crippen molar-refractivity contribution >= 4 is 23.1 Å². The third-order valence-electron chi connectivity index (χ3n) is 1.34. The molecule has 0 aromatic carbocycles. The van der Waals surface area contributed by atoms with Gasteiger partial charge in [-0.2, -0.15) is 5.26 Å². The quantitative estimate of drug-likeness (QED) is 0.719. The first kappa shape index (κ1) is 8.63. The molecule has 0 N–H and O–H groups in total. The highest BCUT2D eigenvalue weighted by Gasteiger charge is 2.04. The van der Waals surface area contributed by atoms with Crippen molar-refractivity contribution in [1.29, 1.82) is 5.26 Å². The van der Waals surface area contributed by atoms with Gasteiger partial charge in [-0.05, 0) is 18.4 Å². The molecule has 1 heterocycles. The first-order valence-electron chi connectivity index (χ1n) is 3.36. The number of rotatable bonds is 3. The van der Waals surface area contributed by atoms with Gasteiger partial charge in [0.1, 0.15) is 0 Å². The summed E-state index contributed by atoms with van der Waals surface area (Å²) in [4.78, 5) is 1.35. The lowest BCUT2D eigenvalue weighted by atomic mass is 10.4. The molecule has 1 aromatic heterocycles. The second-order valence-corrected chi connectivity index (χ2v) is 4.44. The molecule has 1 nitrogen and oxygen atoms in total.